The molecule has 0 saturated carbocycles. The van der Waals surface area contributed by atoms with Crippen molar-refractivity contribution in [3.63, 3.8) is 0 Å². The minimum atomic E-state index is -0.718. The third-order valence-corrected chi connectivity index (χ3v) is 3.37. The molecule has 5 heteroatoms. The van der Waals surface area contributed by atoms with E-state index in [0.717, 1.165) is 12.1 Å². The van der Waals surface area contributed by atoms with Gasteiger partial charge in [-0.05, 0) is 24.7 Å². The second-order valence-electron chi connectivity index (χ2n) is 4.32. The van der Waals surface area contributed by atoms with Crippen LogP contribution in [0.5, 0.6) is 0 Å². The van der Waals surface area contributed by atoms with Crippen LogP contribution in [0.3, 0.4) is 0 Å². The highest BCUT2D eigenvalue weighted by Crippen LogP contribution is 2.32. The molecule has 1 aromatic rings. The fraction of sp³-hybridized carbons (Fsp3) is 0.417. The molecule has 1 heterocycles. The number of carboxylic acids is 1. The van der Waals surface area contributed by atoms with Crippen molar-refractivity contribution in [1.29, 1.82) is 0 Å². The molecular formula is C12H15Cl2NO2. The monoisotopic (exact) mass is 275 g/mol. The largest absolute Gasteiger partial charge is 0.481 e. The Kier molecular flexibility index (Phi) is 4.80. The van der Waals surface area contributed by atoms with Crippen LogP contribution in [0.1, 0.15) is 11.5 Å². The van der Waals surface area contributed by atoms with Gasteiger partial charge < -0.3 is 10.0 Å². The summed E-state index contributed by atoms with van der Waals surface area (Å²) < 4.78 is 0. The molecule has 3 nitrogen and oxygen atoms in total. The Morgan fingerprint density at radius 3 is 2.47 bits per heavy atom. The molecule has 1 aliphatic rings. The van der Waals surface area contributed by atoms with E-state index < -0.39 is 5.97 Å². The molecule has 0 bridgehead atoms. The SMILES string of the molecule is CN1C[C@@H](C(=O)O)[C@H](c2ccc(Cl)cc2)C1.Cl. The highest BCUT2D eigenvalue weighted by molar-refractivity contribution is 6.30. The number of carboxylic acid groups (broad SMARTS) is 1. The lowest BCUT2D eigenvalue weighted by atomic mass is 9.89. The van der Waals surface area contributed by atoms with Gasteiger partial charge in [0.25, 0.3) is 0 Å². The minimum Gasteiger partial charge on any atom is -0.481 e. The van der Waals surface area contributed by atoms with Crippen molar-refractivity contribution in [3.05, 3.63) is 34.9 Å². The Morgan fingerprint density at radius 2 is 1.94 bits per heavy atom. The van der Waals surface area contributed by atoms with Gasteiger partial charge in [-0.15, -0.1) is 12.4 Å². The summed E-state index contributed by atoms with van der Waals surface area (Å²) in [5, 5.41) is 9.85. The first-order valence-corrected chi connectivity index (χ1v) is 5.62. The van der Waals surface area contributed by atoms with Gasteiger partial charge in [0.1, 0.15) is 0 Å². The number of hydrogen-bond acceptors (Lipinski definition) is 2. The summed E-state index contributed by atoms with van der Waals surface area (Å²) in [6.45, 7) is 1.40. The number of halogens is 2. The summed E-state index contributed by atoms with van der Waals surface area (Å²) in [6.07, 6.45) is 0. The molecule has 0 radical (unpaired) electrons. The summed E-state index contributed by atoms with van der Waals surface area (Å²) in [4.78, 5) is 13.2. The standard InChI is InChI=1S/C12H14ClNO2.ClH/c1-14-6-10(11(7-14)12(15)16)8-2-4-9(13)5-3-8;/h2-5,10-11H,6-7H2,1H3,(H,15,16);1H/t10-,11+;/m0./s1. The maximum absolute atomic E-state index is 11.1. The second-order valence-corrected chi connectivity index (χ2v) is 4.76. The van der Waals surface area contributed by atoms with Crippen molar-refractivity contribution in [1.82, 2.24) is 4.90 Å². The van der Waals surface area contributed by atoms with Crippen LogP contribution in [0.2, 0.25) is 5.02 Å². The van der Waals surface area contributed by atoms with E-state index in [1.807, 2.05) is 31.3 Å². The smallest absolute Gasteiger partial charge is 0.308 e. The highest BCUT2D eigenvalue weighted by Gasteiger charge is 2.36. The van der Waals surface area contributed by atoms with Gasteiger partial charge in [0.15, 0.2) is 0 Å². The van der Waals surface area contributed by atoms with Crippen LogP contribution >= 0.6 is 24.0 Å². The lowest BCUT2D eigenvalue weighted by Crippen LogP contribution is -2.21. The van der Waals surface area contributed by atoms with E-state index in [2.05, 4.69) is 4.90 Å². The van der Waals surface area contributed by atoms with Gasteiger partial charge in [-0.1, -0.05) is 23.7 Å². The number of aliphatic carboxylic acids is 1. The molecule has 94 valence electrons. The average molecular weight is 276 g/mol. The lowest BCUT2D eigenvalue weighted by Gasteiger charge is -2.14. The van der Waals surface area contributed by atoms with Crippen LogP contribution in [0.25, 0.3) is 0 Å². The molecule has 1 fully saturated rings. The van der Waals surface area contributed by atoms with E-state index in [0.29, 0.717) is 11.6 Å². The number of nitrogens with zero attached hydrogens (tertiary/aromatic N) is 1. The van der Waals surface area contributed by atoms with Crippen molar-refractivity contribution in [2.24, 2.45) is 5.92 Å². The number of hydrogen-bond donors (Lipinski definition) is 1. The molecule has 2 rings (SSSR count). The summed E-state index contributed by atoms with van der Waals surface area (Å²) in [7, 11) is 1.95. The first-order valence-electron chi connectivity index (χ1n) is 5.24. The predicted octanol–water partition coefficient (Wildman–Crippen LogP) is 2.49. The summed E-state index contributed by atoms with van der Waals surface area (Å²) >= 11 is 5.82. The average Bonchev–Trinajstić information content (AvgIpc) is 2.61. The molecule has 0 aliphatic carbocycles. The fourth-order valence-electron chi connectivity index (χ4n) is 2.30. The van der Waals surface area contributed by atoms with E-state index in [9.17, 15) is 4.79 Å². The van der Waals surface area contributed by atoms with Gasteiger partial charge >= 0.3 is 5.97 Å². The van der Waals surface area contributed by atoms with Gasteiger partial charge in [0, 0.05) is 24.0 Å². The van der Waals surface area contributed by atoms with Gasteiger partial charge in [-0.2, -0.15) is 0 Å². The van der Waals surface area contributed by atoms with Crippen LogP contribution in [-0.4, -0.2) is 36.1 Å². The molecule has 0 amide bonds. The number of benzene rings is 1. The zero-order valence-corrected chi connectivity index (χ0v) is 11.0. The molecule has 1 aliphatic heterocycles. The highest BCUT2D eigenvalue weighted by atomic mass is 35.5. The van der Waals surface area contributed by atoms with Crippen molar-refractivity contribution < 1.29 is 9.90 Å². The van der Waals surface area contributed by atoms with Crippen LogP contribution in [0.4, 0.5) is 0 Å². The Morgan fingerprint density at radius 1 is 1.35 bits per heavy atom. The van der Waals surface area contributed by atoms with E-state index in [1.165, 1.54) is 0 Å². The summed E-state index contributed by atoms with van der Waals surface area (Å²) in [5.74, 6) is -0.963. The van der Waals surface area contributed by atoms with Crippen LogP contribution in [0, 0.1) is 5.92 Å². The van der Waals surface area contributed by atoms with Gasteiger partial charge in [0.05, 0.1) is 5.92 Å². The van der Waals surface area contributed by atoms with Crippen LogP contribution < -0.4 is 0 Å². The Hall–Kier alpha value is -0.770. The molecule has 17 heavy (non-hydrogen) atoms. The zero-order chi connectivity index (χ0) is 11.7. The summed E-state index contributed by atoms with van der Waals surface area (Å²) in [5.41, 5.74) is 1.06. The molecule has 1 N–H and O–H groups in total. The van der Waals surface area contributed by atoms with Gasteiger partial charge in [-0.25, -0.2) is 0 Å². The quantitative estimate of drug-likeness (QED) is 0.902. The Balaban J connectivity index is 0.00000144. The molecule has 0 unspecified atom stereocenters. The summed E-state index contributed by atoms with van der Waals surface area (Å²) in [6, 6.07) is 7.46. The van der Waals surface area contributed by atoms with E-state index >= 15 is 0 Å². The number of likely N-dealkylation sites (N-methyl/N-ethyl adjacent to an activating group) is 1. The van der Waals surface area contributed by atoms with Gasteiger partial charge in [-0.3, -0.25) is 4.79 Å². The first-order chi connectivity index (χ1) is 7.58. The molecule has 2 atom stereocenters. The zero-order valence-electron chi connectivity index (χ0n) is 9.47. The Labute approximate surface area is 112 Å². The molecule has 1 saturated heterocycles. The minimum absolute atomic E-state index is 0. The Bertz CT molecular complexity index is 394. The number of carbonyl (C=O) groups is 1. The number of rotatable bonds is 2. The molecular weight excluding hydrogens is 261 g/mol. The van der Waals surface area contributed by atoms with E-state index in [-0.39, 0.29) is 24.2 Å². The van der Waals surface area contributed by atoms with Crippen molar-refractivity contribution >= 4 is 30.0 Å². The lowest BCUT2D eigenvalue weighted by molar-refractivity contribution is -0.141. The van der Waals surface area contributed by atoms with Gasteiger partial charge in [0.2, 0.25) is 0 Å². The molecule has 1 aromatic carbocycles. The normalized spacial score (nSPS) is 24.4. The second kappa shape index (κ2) is 5.71. The van der Waals surface area contributed by atoms with E-state index in [1.54, 1.807) is 0 Å². The maximum atomic E-state index is 11.1. The number of likely N-dealkylation sites (tertiary alicyclic amines) is 1. The van der Waals surface area contributed by atoms with Crippen molar-refractivity contribution in [2.75, 3.05) is 20.1 Å². The van der Waals surface area contributed by atoms with Crippen LogP contribution in [0.15, 0.2) is 24.3 Å². The van der Waals surface area contributed by atoms with Crippen molar-refractivity contribution in [2.45, 2.75) is 5.92 Å². The maximum Gasteiger partial charge on any atom is 0.308 e. The third-order valence-electron chi connectivity index (χ3n) is 3.12. The topological polar surface area (TPSA) is 40.5 Å². The van der Waals surface area contributed by atoms with Crippen molar-refractivity contribution in [3.8, 4) is 0 Å². The molecule has 0 spiro atoms. The van der Waals surface area contributed by atoms with Crippen LogP contribution in [-0.2, 0) is 4.79 Å². The first kappa shape index (κ1) is 14.3. The fourth-order valence-corrected chi connectivity index (χ4v) is 2.42. The molecule has 0 aromatic heterocycles. The van der Waals surface area contributed by atoms with E-state index in [4.69, 9.17) is 16.7 Å². The predicted molar refractivity (Wildman–Crippen MR) is 70.1 cm³/mol. The third kappa shape index (κ3) is 3.12.